The topological polar surface area (TPSA) is 54.9 Å². The molecule has 3 rings (SSSR count). The maximum atomic E-state index is 5.66. The van der Waals surface area contributed by atoms with Gasteiger partial charge in [-0.1, -0.05) is 42.5 Å². The molecular weight excluding hydrogens is 320 g/mol. The smallest absolute Gasteiger partial charge is 0.214 e. The third kappa shape index (κ3) is 3.83. The summed E-state index contributed by atoms with van der Waals surface area (Å²) in [7, 11) is 0. The molecule has 24 heavy (non-hydrogen) atoms. The van der Waals surface area contributed by atoms with Gasteiger partial charge in [-0.15, -0.1) is 0 Å². The lowest BCUT2D eigenvalue weighted by atomic mass is 10.2. The van der Waals surface area contributed by atoms with Crippen LogP contribution in [0.3, 0.4) is 0 Å². The quantitative estimate of drug-likeness (QED) is 0.662. The molecular formula is C18H20N4OS. The van der Waals surface area contributed by atoms with Gasteiger partial charge in [0, 0.05) is 5.56 Å². The van der Waals surface area contributed by atoms with Crippen LogP contribution in [0.15, 0.2) is 54.6 Å². The van der Waals surface area contributed by atoms with Crippen LogP contribution in [0.5, 0.6) is 5.75 Å². The summed E-state index contributed by atoms with van der Waals surface area (Å²) in [4.78, 5) is 0. The Labute approximate surface area is 146 Å². The van der Waals surface area contributed by atoms with Crippen LogP contribution in [0.2, 0.25) is 0 Å². The zero-order chi connectivity index (χ0) is 16.9. The van der Waals surface area contributed by atoms with E-state index in [1.807, 2.05) is 68.4 Å². The number of rotatable bonds is 6. The minimum absolute atomic E-state index is 0.173. The van der Waals surface area contributed by atoms with Crippen LogP contribution in [0.1, 0.15) is 19.4 Å². The van der Waals surface area contributed by atoms with Crippen LogP contribution >= 0.6 is 12.2 Å². The first-order chi connectivity index (χ1) is 11.6. The zero-order valence-corrected chi connectivity index (χ0v) is 14.5. The van der Waals surface area contributed by atoms with Crippen molar-refractivity contribution in [3.05, 3.63) is 64.9 Å². The second kappa shape index (κ2) is 7.31. The molecule has 6 heteroatoms. The molecule has 0 saturated heterocycles. The first-order valence-corrected chi connectivity index (χ1v) is 8.26. The van der Waals surface area contributed by atoms with Gasteiger partial charge in [0.25, 0.3) is 0 Å². The molecule has 0 aliphatic rings. The van der Waals surface area contributed by atoms with E-state index >= 15 is 0 Å². The molecule has 0 amide bonds. The van der Waals surface area contributed by atoms with Crippen molar-refractivity contribution in [3.63, 3.8) is 0 Å². The number of hydrogen-bond acceptors (Lipinski definition) is 4. The molecule has 2 aromatic carbocycles. The molecule has 2 N–H and O–H groups in total. The van der Waals surface area contributed by atoms with E-state index in [4.69, 9.17) is 17.0 Å². The predicted molar refractivity (Wildman–Crippen MR) is 98.1 cm³/mol. The van der Waals surface area contributed by atoms with Crippen molar-refractivity contribution in [1.82, 2.24) is 14.9 Å². The average molecular weight is 340 g/mol. The van der Waals surface area contributed by atoms with Crippen molar-refractivity contribution >= 4 is 12.2 Å². The SMILES string of the molecule is CC(C)Oc1ccc(CNn2c(-c3ccccc3)n[nH]c2=S)cc1. The summed E-state index contributed by atoms with van der Waals surface area (Å²) in [6.07, 6.45) is 0.173. The molecule has 0 spiro atoms. The molecule has 0 aliphatic carbocycles. The van der Waals surface area contributed by atoms with E-state index in [2.05, 4.69) is 15.6 Å². The van der Waals surface area contributed by atoms with E-state index in [0.717, 1.165) is 22.7 Å². The third-order valence-corrected chi connectivity index (χ3v) is 3.71. The van der Waals surface area contributed by atoms with E-state index in [9.17, 15) is 0 Å². The number of nitrogens with one attached hydrogen (secondary N) is 2. The minimum atomic E-state index is 0.173. The molecule has 5 nitrogen and oxygen atoms in total. The monoisotopic (exact) mass is 340 g/mol. The number of H-pyrrole nitrogens is 1. The fraction of sp³-hybridized carbons (Fsp3) is 0.222. The zero-order valence-electron chi connectivity index (χ0n) is 13.7. The van der Waals surface area contributed by atoms with E-state index in [1.54, 1.807) is 4.68 Å². The van der Waals surface area contributed by atoms with Crippen LogP contribution in [-0.4, -0.2) is 21.0 Å². The summed E-state index contributed by atoms with van der Waals surface area (Å²) in [5.41, 5.74) is 5.45. The van der Waals surface area contributed by atoms with E-state index in [1.165, 1.54) is 0 Å². The molecule has 124 valence electrons. The molecule has 0 radical (unpaired) electrons. The summed E-state index contributed by atoms with van der Waals surface area (Å²) in [5, 5.41) is 7.14. The predicted octanol–water partition coefficient (Wildman–Crippen LogP) is 4.14. The van der Waals surface area contributed by atoms with Crippen molar-refractivity contribution in [2.24, 2.45) is 0 Å². The summed E-state index contributed by atoms with van der Waals surface area (Å²) in [5.74, 6) is 1.64. The fourth-order valence-corrected chi connectivity index (χ4v) is 2.55. The summed E-state index contributed by atoms with van der Waals surface area (Å²) < 4.78 is 7.99. The Balaban J connectivity index is 1.73. The first-order valence-electron chi connectivity index (χ1n) is 7.86. The number of benzene rings is 2. The first kappa shape index (κ1) is 16.3. The van der Waals surface area contributed by atoms with Gasteiger partial charge >= 0.3 is 0 Å². The lowest BCUT2D eigenvalue weighted by Crippen LogP contribution is -2.16. The number of aromatic amines is 1. The largest absolute Gasteiger partial charge is 0.491 e. The number of ether oxygens (including phenoxy) is 1. The van der Waals surface area contributed by atoms with Crippen LogP contribution in [0.4, 0.5) is 0 Å². The second-order valence-electron chi connectivity index (χ2n) is 5.70. The lowest BCUT2D eigenvalue weighted by Gasteiger charge is -2.12. The Bertz CT molecular complexity index is 837. The average Bonchev–Trinajstić information content (AvgIpc) is 2.95. The molecule has 3 aromatic rings. The van der Waals surface area contributed by atoms with Gasteiger partial charge in [0.05, 0.1) is 12.6 Å². The number of hydrogen-bond donors (Lipinski definition) is 2. The summed E-state index contributed by atoms with van der Waals surface area (Å²) >= 11 is 5.32. The molecule has 1 heterocycles. The molecule has 0 saturated carbocycles. The Hall–Kier alpha value is -2.60. The maximum absolute atomic E-state index is 5.66. The Morgan fingerprint density at radius 2 is 1.83 bits per heavy atom. The van der Waals surface area contributed by atoms with Gasteiger partial charge < -0.3 is 10.2 Å². The molecule has 0 bridgehead atoms. The fourth-order valence-electron chi connectivity index (χ4n) is 2.35. The number of nitrogens with zero attached hydrogens (tertiary/aromatic N) is 2. The van der Waals surface area contributed by atoms with Crippen molar-refractivity contribution in [3.8, 4) is 17.1 Å². The highest BCUT2D eigenvalue weighted by atomic mass is 32.1. The van der Waals surface area contributed by atoms with Gasteiger partial charge in [0.1, 0.15) is 5.75 Å². The Kier molecular flexibility index (Phi) is 4.96. The highest BCUT2D eigenvalue weighted by molar-refractivity contribution is 7.71. The number of aromatic nitrogens is 3. The van der Waals surface area contributed by atoms with Crippen molar-refractivity contribution in [2.45, 2.75) is 26.5 Å². The standard InChI is InChI=1S/C18H20N4OS/c1-13(2)23-16-10-8-14(9-11-16)12-19-22-17(20-21-18(22)24)15-6-4-3-5-7-15/h3-11,13,19H,12H2,1-2H3,(H,21,24). The second-order valence-corrected chi connectivity index (χ2v) is 6.09. The van der Waals surface area contributed by atoms with Gasteiger partial charge in [-0.2, -0.15) is 5.10 Å². The maximum Gasteiger partial charge on any atom is 0.214 e. The third-order valence-electron chi connectivity index (χ3n) is 3.44. The van der Waals surface area contributed by atoms with E-state index in [-0.39, 0.29) is 6.10 Å². The van der Waals surface area contributed by atoms with Gasteiger partial charge in [-0.25, -0.2) is 9.77 Å². The Morgan fingerprint density at radius 3 is 2.50 bits per heavy atom. The Morgan fingerprint density at radius 1 is 1.12 bits per heavy atom. The molecule has 0 fully saturated rings. The van der Waals surface area contributed by atoms with E-state index in [0.29, 0.717) is 11.3 Å². The van der Waals surface area contributed by atoms with Crippen molar-refractivity contribution < 1.29 is 4.74 Å². The molecule has 0 atom stereocenters. The lowest BCUT2D eigenvalue weighted by molar-refractivity contribution is 0.242. The molecule has 1 aromatic heterocycles. The van der Waals surface area contributed by atoms with Crippen LogP contribution < -0.4 is 10.2 Å². The summed E-state index contributed by atoms with van der Waals surface area (Å²) in [6.45, 7) is 4.66. The van der Waals surface area contributed by atoms with Crippen LogP contribution in [-0.2, 0) is 6.54 Å². The summed E-state index contributed by atoms with van der Waals surface area (Å²) in [6, 6.07) is 18.0. The van der Waals surface area contributed by atoms with Gasteiger partial charge in [0.15, 0.2) is 5.82 Å². The van der Waals surface area contributed by atoms with Crippen LogP contribution in [0, 0.1) is 4.77 Å². The normalized spacial score (nSPS) is 10.8. The van der Waals surface area contributed by atoms with Gasteiger partial charge in [-0.05, 0) is 43.8 Å². The van der Waals surface area contributed by atoms with Crippen molar-refractivity contribution in [1.29, 1.82) is 0 Å². The molecule has 0 aliphatic heterocycles. The van der Waals surface area contributed by atoms with Gasteiger partial charge in [-0.3, -0.25) is 0 Å². The minimum Gasteiger partial charge on any atom is -0.491 e. The van der Waals surface area contributed by atoms with Crippen LogP contribution in [0.25, 0.3) is 11.4 Å². The van der Waals surface area contributed by atoms with E-state index < -0.39 is 0 Å². The molecule has 0 unspecified atom stereocenters. The highest BCUT2D eigenvalue weighted by Gasteiger charge is 2.08. The van der Waals surface area contributed by atoms with Gasteiger partial charge in [0.2, 0.25) is 4.77 Å². The van der Waals surface area contributed by atoms with Crippen molar-refractivity contribution in [2.75, 3.05) is 5.43 Å². The highest BCUT2D eigenvalue weighted by Crippen LogP contribution is 2.17.